The first-order chi connectivity index (χ1) is 6.34. The largest absolute Gasteiger partial charge is 0.330 e. The van der Waals surface area contributed by atoms with E-state index < -0.39 is 0 Å². The van der Waals surface area contributed by atoms with Crippen molar-refractivity contribution in [2.45, 2.75) is 44.9 Å². The van der Waals surface area contributed by atoms with Gasteiger partial charge in [0.25, 0.3) is 0 Å². The summed E-state index contributed by atoms with van der Waals surface area (Å²) in [4.78, 5) is 0. The Hall–Kier alpha value is -0.0400. The van der Waals surface area contributed by atoms with Crippen molar-refractivity contribution in [2.75, 3.05) is 6.54 Å². The number of rotatable bonds is 3. The van der Waals surface area contributed by atoms with Crippen molar-refractivity contribution in [2.24, 2.45) is 28.9 Å². The average Bonchev–Trinajstić information content (AvgIpc) is 2.62. The quantitative estimate of drug-likeness (QED) is 0.708. The lowest BCUT2D eigenvalue weighted by Gasteiger charge is -2.30. The maximum Gasteiger partial charge on any atom is -0.00719 e. The lowest BCUT2D eigenvalue weighted by molar-refractivity contribution is 0.197. The molecule has 2 bridgehead atoms. The van der Waals surface area contributed by atoms with Crippen LogP contribution in [0, 0.1) is 23.2 Å². The Balaban J connectivity index is 1.72. The highest BCUT2D eigenvalue weighted by Crippen LogP contribution is 2.65. The monoisotopic (exact) mass is 179 g/mol. The van der Waals surface area contributed by atoms with Gasteiger partial charge in [0.05, 0.1) is 0 Å². The van der Waals surface area contributed by atoms with Crippen LogP contribution in [-0.4, -0.2) is 6.54 Å². The van der Waals surface area contributed by atoms with E-state index >= 15 is 0 Å². The molecule has 0 aromatic rings. The summed E-state index contributed by atoms with van der Waals surface area (Å²) < 4.78 is 0. The van der Waals surface area contributed by atoms with Crippen molar-refractivity contribution >= 4 is 0 Å². The van der Waals surface area contributed by atoms with Gasteiger partial charge in [0.1, 0.15) is 0 Å². The van der Waals surface area contributed by atoms with Crippen LogP contribution in [0.3, 0.4) is 0 Å². The van der Waals surface area contributed by atoms with Gasteiger partial charge in [-0.25, -0.2) is 0 Å². The number of hydrogen-bond acceptors (Lipinski definition) is 1. The molecule has 0 aromatic heterocycles. The van der Waals surface area contributed by atoms with E-state index in [1.165, 1.54) is 19.3 Å². The van der Waals surface area contributed by atoms with E-state index in [0.29, 0.717) is 0 Å². The third-order valence-electron chi connectivity index (χ3n) is 5.06. The van der Waals surface area contributed by atoms with E-state index in [0.717, 1.165) is 29.7 Å². The van der Waals surface area contributed by atoms with E-state index in [4.69, 9.17) is 5.73 Å². The van der Waals surface area contributed by atoms with Gasteiger partial charge in [-0.05, 0) is 68.2 Å². The van der Waals surface area contributed by atoms with E-state index in [2.05, 4.69) is 0 Å². The topological polar surface area (TPSA) is 26.0 Å². The van der Waals surface area contributed by atoms with Crippen LogP contribution in [0.1, 0.15) is 44.9 Å². The van der Waals surface area contributed by atoms with E-state index in [9.17, 15) is 0 Å². The minimum Gasteiger partial charge on any atom is -0.330 e. The highest BCUT2D eigenvalue weighted by atomic mass is 14.6. The Morgan fingerprint density at radius 1 is 1.15 bits per heavy atom. The van der Waals surface area contributed by atoms with Gasteiger partial charge in [-0.15, -0.1) is 0 Å². The second-order valence-corrected chi connectivity index (χ2v) is 5.68. The average molecular weight is 179 g/mol. The second-order valence-electron chi connectivity index (χ2n) is 5.68. The molecule has 0 spiro atoms. The molecule has 3 aliphatic carbocycles. The van der Waals surface area contributed by atoms with Crippen molar-refractivity contribution in [3.05, 3.63) is 0 Å². The Morgan fingerprint density at radius 2 is 2.00 bits per heavy atom. The molecule has 2 N–H and O–H groups in total. The molecule has 1 heteroatoms. The molecule has 3 atom stereocenters. The minimum absolute atomic E-state index is 0.759. The maximum atomic E-state index is 5.72. The van der Waals surface area contributed by atoms with Crippen LogP contribution in [0.4, 0.5) is 0 Å². The van der Waals surface area contributed by atoms with Gasteiger partial charge in [0.15, 0.2) is 0 Å². The van der Waals surface area contributed by atoms with Gasteiger partial charge in [-0.3, -0.25) is 0 Å². The Kier molecular flexibility index (Phi) is 1.74. The molecule has 1 nitrogen and oxygen atoms in total. The van der Waals surface area contributed by atoms with Gasteiger partial charge in [0.2, 0.25) is 0 Å². The highest BCUT2D eigenvalue weighted by Gasteiger charge is 2.55. The summed E-state index contributed by atoms with van der Waals surface area (Å²) in [6, 6.07) is 0. The van der Waals surface area contributed by atoms with Crippen LogP contribution in [0.25, 0.3) is 0 Å². The fourth-order valence-corrected chi connectivity index (χ4v) is 4.25. The maximum absolute atomic E-state index is 5.72. The van der Waals surface area contributed by atoms with Crippen LogP contribution in [-0.2, 0) is 0 Å². The number of fused-ring (bicyclic) bond motifs is 2. The summed E-state index contributed by atoms with van der Waals surface area (Å²) in [5.74, 6) is 3.32. The lowest BCUT2D eigenvalue weighted by atomic mass is 9.75. The van der Waals surface area contributed by atoms with Crippen LogP contribution in [0.15, 0.2) is 0 Å². The molecule has 0 amide bonds. The normalized spacial score (nSPS) is 45.5. The molecule has 0 radical (unpaired) electrons. The summed E-state index contributed by atoms with van der Waals surface area (Å²) in [7, 11) is 0. The van der Waals surface area contributed by atoms with E-state index in [1.54, 1.807) is 25.7 Å². The summed E-state index contributed by atoms with van der Waals surface area (Å²) in [6.45, 7) is 0.924. The van der Waals surface area contributed by atoms with Crippen LogP contribution < -0.4 is 5.73 Å². The highest BCUT2D eigenvalue weighted by molar-refractivity contribution is 5.05. The van der Waals surface area contributed by atoms with Crippen LogP contribution in [0.5, 0.6) is 0 Å². The third kappa shape index (κ3) is 1.16. The lowest BCUT2D eigenvalue weighted by Crippen LogP contribution is -2.24. The third-order valence-corrected chi connectivity index (χ3v) is 5.06. The first kappa shape index (κ1) is 8.28. The van der Waals surface area contributed by atoms with Gasteiger partial charge >= 0.3 is 0 Å². The van der Waals surface area contributed by atoms with E-state index in [-0.39, 0.29) is 0 Å². The second kappa shape index (κ2) is 2.73. The van der Waals surface area contributed by atoms with Crippen molar-refractivity contribution in [1.82, 2.24) is 0 Å². The molecule has 3 rings (SSSR count). The van der Waals surface area contributed by atoms with Crippen molar-refractivity contribution < 1.29 is 0 Å². The fourth-order valence-electron chi connectivity index (χ4n) is 4.25. The van der Waals surface area contributed by atoms with Crippen molar-refractivity contribution in [3.8, 4) is 0 Å². The Morgan fingerprint density at radius 3 is 2.46 bits per heavy atom. The zero-order valence-corrected chi connectivity index (χ0v) is 8.47. The first-order valence-electron chi connectivity index (χ1n) is 6.04. The smallest absolute Gasteiger partial charge is 0.00719 e. The van der Waals surface area contributed by atoms with Crippen LogP contribution in [0.2, 0.25) is 0 Å². The zero-order chi connectivity index (χ0) is 8.89. The zero-order valence-electron chi connectivity index (χ0n) is 8.47. The predicted molar refractivity (Wildman–Crippen MR) is 54.3 cm³/mol. The van der Waals surface area contributed by atoms with Gasteiger partial charge in [-0.2, -0.15) is 0 Å². The van der Waals surface area contributed by atoms with Gasteiger partial charge in [0, 0.05) is 0 Å². The molecule has 74 valence electrons. The Bertz CT molecular complexity index is 207. The van der Waals surface area contributed by atoms with Crippen LogP contribution >= 0.6 is 0 Å². The molecule has 0 saturated heterocycles. The minimum atomic E-state index is 0.759. The molecule has 0 aliphatic heterocycles. The van der Waals surface area contributed by atoms with Crippen molar-refractivity contribution in [3.63, 3.8) is 0 Å². The molecule has 0 aromatic carbocycles. The molecule has 13 heavy (non-hydrogen) atoms. The van der Waals surface area contributed by atoms with Gasteiger partial charge in [-0.1, -0.05) is 6.42 Å². The molecule has 3 aliphatic rings. The summed E-state index contributed by atoms with van der Waals surface area (Å²) in [6.07, 6.45) is 10.5. The van der Waals surface area contributed by atoms with Crippen molar-refractivity contribution in [1.29, 1.82) is 0 Å². The van der Waals surface area contributed by atoms with Gasteiger partial charge < -0.3 is 5.73 Å². The van der Waals surface area contributed by atoms with E-state index in [1.807, 2.05) is 0 Å². The molecular formula is C12H21N. The number of hydrogen-bond donors (Lipinski definition) is 1. The summed E-state index contributed by atoms with van der Waals surface area (Å²) >= 11 is 0. The standard InChI is InChI=1S/C12H21N/c13-6-5-12(3-4-12)11-8-9-1-2-10(11)7-9/h9-11H,1-8,13H2. The first-order valence-corrected chi connectivity index (χ1v) is 6.04. The molecule has 3 fully saturated rings. The SMILES string of the molecule is NCCC1(C2CC3CCC2C3)CC1. The summed E-state index contributed by atoms with van der Waals surface area (Å²) in [5, 5.41) is 0. The Labute approximate surface area is 81.1 Å². The molecule has 0 heterocycles. The molecule has 3 saturated carbocycles. The predicted octanol–water partition coefficient (Wildman–Crippen LogP) is 2.55. The fraction of sp³-hybridized carbons (Fsp3) is 1.00. The number of nitrogens with two attached hydrogens (primary N) is 1. The molecular weight excluding hydrogens is 158 g/mol. The molecule has 3 unspecified atom stereocenters. The summed E-state index contributed by atoms with van der Waals surface area (Å²) in [5.41, 5.74) is 6.48.